The molecular weight excluding hydrogens is 651 g/mol. The number of benzene rings is 2. The second-order valence-corrected chi connectivity index (χ2v) is 14.0. The van der Waals surface area contributed by atoms with E-state index in [9.17, 15) is 31.9 Å². The number of hydrogen-bond donors (Lipinski definition) is 1. The zero-order valence-corrected chi connectivity index (χ0v) is 29.4. The Balaban J connectivity index is 2.04. The number of hydrogen-bond acceptors (Lipinski definition) is 5. The quantitative estimate of drug-likeness (QED) is 0.103. The van der Waals surface area contributed by atoms with E-state index in [2.05, 4.69) is 6.92 Å². The summed E-state index contributed by atoms with van der Waals surface area (Å²) in [5, 5.41) is 11.3. The second kappa shape index (κ2) is 17.8. The molecule has 0 spiro atoms. The fourth-order valence-electron chi connectivity index (χ4n) is 7.12. The van der Waals surface area contributed by atoms with Crippen LogP contribution in [0.25, 0.3) is 0 Å². The van der Waals surface area contributed by atoms with Crippen LogP contribution in [0.4, 0.5) is 22.0 Å². The van der Waals surface area contributed by atoms with Gasteiger partial charge in [0.25, 0.3) is 0 Å². The lowest BCUT2D eigenvalue weighted by atomic mass is 9.59. The minimum absolute atomic E-state index is 0.145. The van der Waals surface area contributed by atoms with Crippen molar-refractivity contribution in [2.24, 2.45) is 5.41 Å². The van der Waals surface area contributed by atoms with Gasteiger partial charge < -0.3 is 19.3 Å². The van der Waals surface area contributed by atoms with Crippen molar-refractivity contribution in [3.8, 4) is 17.2 Å². The highest BCUT2D eigenvalue weighted by atomic mass is 32.2. The van der Waals surface area contributed by atoms with Crippen molar-refractivity contribution in [2.45, 2.75) is 120 Å². The first kappa shape index (κ1) is 39.7. The van der Waals surface area contributed by atoms with Gasteiger partial charge in [-0.1, -0.05) is 89.3 Å². The molecule has 3 unspecified atom stereocenters. The van der Waals surface area contributed by atoms with E-state index in [1.54, 1.807) is 38.1 Å². The highest BCUT2D eigenvalue weighted by Gasteiger charge is 2.59. The van der Waals surface area contributed by atoms with Gasteiger partial charge in [-0.25, -0.2) is 0 Å². The molecule has 0 amide bonds. The first-order valence-electron chi connectivity index (χ1n) is 17.0. The number of carbonyl (C=O) groups is 1. The predicted molar refractivity (Wildman–Crippen MR) is 181 cm³/mol. The third-order valence-corrected chi connectivity index (χ3v) is 11.2. The van der Waals surface area contributed by atoms with Crippen molar-refractivity contribution in [2.75, 3.05) is 27.1 Å². The monoisotopic (exact) mass is 702 g/mol. The molecule has 3 rings (SSSR count). The van der Waals surface area contributed by atoms with E-state index in [0.29, 0.717) is 42.9 Å². The predicted octanol–water partition coefficient (Wildman–Crippen LogP) is 11.2. The van der Waals surface area contributed by atoms with Crippen molar-refractivity contribution in [1.82, 2.24) is 0 Å². The van der Waals surface area contributed by atoms with Crippen LogP contribution in [0.15, 0.2) is 42.5 Å². The molecule has 0 saturated carbocycles. The zero-order valence-electron chi connectivity index (χ0n) is 28.6. The maximum atomic E-state index is 13.8. The molecule has 1 heterocycles. The lowest BCUT2D eigenvalue weighted by Crippen LogP contribution is -2.51. The van der Waals surface area contributed by atoms with Gasteiger partial charge in [-0.3, -0.25) is 4.79 Å². The number of unbranched alkanes of at least 4 members (excludes halogenated alkanes) is 9. The number of rotatable bonds is 21. The molecule has 0 saturated heterocycles. The average Bonchev–Trinajstić information content (AvgIpc) is 3.07. The molecule has 0 aromatic heterocycles. The van der Waals surface area contributed by atoms with Gasteiger partial charge in [-0.15, -0.1) is 11.8 Å². The van der Waals surface area contributed by atoms with Gasteiger partial charge in [0.15, 0.2) is 0 Å². The minimum atomic E-state index is -5.58. The Bertz CT molecular complexity index is 1290. The molecule has 0 bridgehead atoms. The molecule has 270 valence electrons. The first-order valence-corrected chi connectivity index (χ1v) is 18.2. The second-order valence-electron chi connectivity index (χ2n) is 12.9. The lowest BCUT2D eigenvalue weighted by Gasteiger charge is -2.51. The molecule has 2 aromatic rings. The first-order chi connectivity index (χ1) is 22.8. The summed E-state index contributed by atoms with van der Waals surface area (Å²) < 4.78 is 81.7. The molecule has 3 atom stereocenters. The standard InChI is InChI=1S/C37H51F5O5S/c1-5-6-7-8-9-10-13-22-34(33(43)44,23-14-11-12-15-24-36(38,39)37(40,41)42)32-30-21-20-29(46-3)25-31(30)47-26-35(32,48-4)27-16-18-28(45-2)19-17-27/h16-21,25,32H,5-15,22-24,26H2,1-4H3,(H,43,44). The Labute approximate surface area is 286 Å². The maximum absolute atomic E-state index is 13.8. The number of alkyl halides is 5. The maximum Gasteiger partial charge on any atom is 0.453 e. The molecule has 0 radical (unpaired) electrons. The normalized spacial score (nSPS) is 19.2. The summed E-state index contributed by atoms with van der Waals surface area (Å²) in [6, 6.07) is 13.1. The van der Waals surface area contributed by atoms with Crippen LogP contribution in [-0.2, 0) is 9.54 Å². The van der Waals surface area contributed by atoms with Crippen LogP contribution in [0.3, 0.4) is 0 Å². The lowest BCUT2D eigenvalue weighted by molar-refractivity contribution is -0.284. The molecule has 11 heteroatoms. The summed E-state index contributed by atoms with van der Waals surface area (Å²) in [5.41, 5.74) is 0.360. The van der Waals surface area contributed by atoms with Crippen LogP contribution in [0.2, 0.25) is 0 Å². The Hall–Kier alpha value is -2.69. The molecule has 1 aliphatic rings. The number of ether oxygens (including phenoxy) is 3. The minimum Gasteiger partial charge on any atom is -0.497 e. The number of halogens is 5. The highest BCUT2D eigenvalue weighted by Crippen LogP contribution is 2.62. The van der Waals surface area contributed by atoms with Crippen LogP contribution in [0, 0.1) is 5.41 Å². The summed E-state index contributed by atoms with van der Waals surface area (Å²) in [7, 11) is 3.13. The molecule has 1 N–H and O–H groups in total. The van der Waals surface area contributed by atoms with Gasteiger partial charge in [0.05, 0.1) is 24.4 Å². The fourth-order valence-corrected chi connectivity index (χ4v) is 8.25. The van der Waals surface area contributed by atoms with E-state index in [1.165, 1.54) is 0 Å². The molecular formula is C37H51F5O5S. The van der Waals surface area contributed by atoms with Gasteiger partial charge in [-0.2, -0.15) is 22.0 Å². The topological polar surface area (TPSA) is 65.0 Å². The zero-order chi connectivity index (χ0) is 35.4. The Morgan fingerprint density at radius 3 is 1.85 bits per heavy atom. The number of thioether (sulfide) groups is 1. The third-order valence-electron chi connectivity index (χ3n) is 9.87. The number of carboxylic acids is 1. The van der Waals surface area contributed by atoms with E-state index >= 15 is 0 Å². The number of aliphatic carboxylic acids is 1. The Morgan fingerprint density at radius 1 is 0.833 bits per heavy atom. The van der Waals surface area contributed by atoms with Gasteiger partial charge in [0.2, 0.25) is 0 Å². The third kappa shape index (κ3) is 9.30. The Kier molecular flexibility index (Phi) is 14.7. The number of methoxy groups -OCH3 is 2. The fraction of sp³-hybridized carbons (Fsp3) is 0.649. The van der Waals surface area contributed by atoms with Gasteiger partial charge >= 0.3 is 18.1 Å². The van der Waals surface area contributed by atoms with Crippen molar-refractivity contribution in [3.63, 3.8) is 0 Å². The molecule has 0 fully saturated rings. The summed E-state index contributed by atoms with van der Waals surface area (Å²) >= 11 is 1.54. The smallest absolute Gasteiger partial charge is 0.453 e. The largest absolute Gasteiger partial charge is 0.497 e. The van der Waals surface area contributed by atoms with E-state index in [1.807, 2.05) is 36.6 Å². The van der Waals surface area contributed by atoms with Gasteiger partial charge in [0, 0.05) is 24.0 Å². The van der Waals surface area contributed by atoms with Crippen molar-refractivity contribution in [3.05, 3.63) is 53.6 Å². The van der Waals surface area contributed by atoms with E-state index in [4.69, 9.17) is 14.2 Å². The molecule has 5 nitrogen and oxygen atoms in total. The van der Waals surface area contributed by atoms with E-state index in [-0.39, 0.29) is 25.9 Å². The molecule has 48 heavy (non-hydrogen) atoms. The average molecular weight is 703 g/mol. The summed E-state index contributed by atoms with van der Waals surface area (Å²) in [4.78, 5) is 13.8. The molecule has 1 aliphatic heterocycles. The molecule has 0 aliphatic carbocycles. The Morgan fingerprint density at radius 2 is 1.35 bits per heavy atom. The number of fused-ring (bicyclic) bond motifs is 1. The SMILES string of the molecule is CCCCCCCCCC(CCCCCCC(F)(F)C(F)(F)F)(C(=O)O)C1c2ccc(OC)cc2OCC1(SC)c1ccc(OC)cc1. The van der Waals surface area contributed by atoms with Crippen LogP contribution >= 0.6 is 11.8 Å². The van der Waals surface area contributed by atoms with E-state index < -0.39 is 40.6 Å². The van der Waals surface area contributed by atoms with Crippen molar-refractivity contribution < 1.29 is 46.1 Å². The summed E-state index contributed by atoms with van der Waals surface area (Å²) in [6.07, 6.45) is 3.34. The van der Waals surface area contributed by atoms with Crippen LogP contribution in [-0.4, -0.2) is 50.3 Å². The summed E-state index contributed by atoms with van der Waals surface area (Å²) in [5.74, 6) is -4.45. The number of carboxylic acid groups (broad SMARTS) is 1. The van der Waals surface area contributed by atoms with Gasteiger partial charge in [-0.05, 0) is 49.3 Å². The van der Waals surface area contributed by atoms with Crippen LogP contribution in [0.1, 0.15) is 114 Å². The van der Waals surface area contributed by atoms with Gasteiger partial charge in [0.1, 0.15) is 23.9 Å². The van der Waals surface area contributed by atoms with Crippen LogP contribution in [0.5, 0.6) is 17.2 Å². The van der Waals surface area contributed by atoms with Crippen LogP contribution < -0.4 is 14.2 Å². The summed E-state index contributed by atoms with van der Waals surface area (Å²) in [6.45, 7) is 2.36. The van der Waals surface area contributed by atoms with Crippen molar-refractivity contribution >= 4 is 17.7 Å². The van der Waals surface area contributed by atoms with E-state index in [0.717, 1.165) is 49.7 Å². The van der Waals surface area contributed by atoms with Crippen molar-refractivity contribution in [1.29, 1.82) is 0 Å². The molecule has 2 aromatic carbocycles. The highest BCUT2D eigenvalue weighted by molar-refractivity contribution is 7.99.